The lowest BCUT2D eigenvalue weighted by Crippen LogP contribution is -2.39. The molecule has 1 aromatic heterocycles. The van der Waals surface area contributed by atoms with Gasteiger partial charge in [-0.3, -0.25) is 14.4 Å². The van der Waals surface area contributed by atoms with E-state index in [4.69, 9.17) is 5.73 Å². The van der Waals surface area contributed by atoms with Gasteiger partial charge in [-0.2, -0.15) is 0 Å². The van der Waals surface area contributed by atoms with Gasteiger partial charge in [0.05, 0.1) is 18.4 Å². The van der Waals surface area contributed by atoms with E-state index in [1.807, 2.05) is 97.9 Å². The predicted molar refractivity (Wildman–Crippen MR) is 140 cm³/mol. The number of carbonyl (C=O) groups is 3. The average molecular weight is 483 g/mol. The number of nitrogens with two attached hydrogens (primary N) is 1. The summed E-state index contributed by atoms with van der Waals surface area (Å²) in [5.41, 5.74) is 9.35. The first kappa shape index (κ1) is 24.1. The predicted octanol–water partition coefficient (Wildman–Crippen LogP) is 5.09. The molecule has 0 spiro atoms. The summed E-state index contributed by atoms with van der Waals surface area (Å²) in [6.07, 6.45) is 0.639. The fraction of sp³-hybridized carbons (Fsp3) is 0.138. The second-order valence-corrected chi connectivity index (χ2v) is 9.39. The number of nitrogens with zero attached hydrogens (tertiary/aromatic N) is 1. The number of benzene rings is 3. The fourth-order valence-electron chi connectivity index (χ4n) is 4.01. The van der Waals surface area contributed by atoms with Gasteiger partial charge in [0.1, 0.15) is 5.00 Å². The van der Waals surface area contributed by atoms with E-state index in [0.29, 0.717) is 17.0 Å². The molecule has 0 fully saturated rings. The summed E-state index contributed by atoms with van der Waals surface area (Å²) in [7, 11) is 0. The van der Waals surface area contributed by atoms with Crippen LogP contribution in [0.25, 0.3) is 0 Å². The lowest BCUT2D eigenvalue weighted by molar-refractivity contribution is -0.125. The topological polar surface area (TPSA) is 80.5 Å². The minimum absolute atomic E-state index is 0.0323. The van der Waals surface area contributed by atoms with Crippen molar-refractivity contribution in [2.45, 2.75) is 26.2 Å². The van der Waals surface area contributed by atoms with Crippen molar-refractivity contribution in [1.82, 2.24) is 0 Å². The Balaban J connectivity index is 1.76. The van der Waals surface area contributed by atoms with E-state index in [-0.39, 0.29) is 18.4 Å². The summed E-state index contributed by atoms with van der Waals surface area (Å²) < 4.78 is 0. The SMILES string of the molecule is Cc1c(Cc2ccccc2)sc(N(C(=O)Cc2ccccc2)C(=O)Cc2ccccc2)c1C(N)=O. The molecular weight excluding hydrogens is 456 g/mol. The molecule has 35 heavy (non-hydrogen) atoms. The van der Waals surface area contributed by atoms with Crippen LogP contribution in [-0.2, 0) is 28.9 Å². The minimum atomic E-state index is -0.655. The third kappa shape index (κ3) is 5.73. The molecule has 0 aliphatic heterocycles. The van der Waals surface area contributed by atoms with Gasteiger partial charge < -0.3 is 5.73 Å². The molecule has 0 aliphatic carbocycles. The molecule has 3 aromatic carbocycles. The van der Waals surface area contributed by atoms with Crippen molar-refractivity contribution in [2.75, 3.05) is 4.90 Å². The van der Waals surface area contributed by atoms with E-state index >= 15 is 0 Å². The Kier molecular flexibility index (Phi) is 7.53. The highest BCUT2D eigenvalue weighted by Gasteiger charge is 2.31. The van der Waals surface area contributed by atoms with Gasteiger partial charge in [0.2, 0.25) is 11.8 Å². The van der Waals surface area contributed by atoms with Gasteiger partial charge in [-0.05, 0) is 29.2 Å². The van der Waals surface area contributed by atoms with Gasteiger partial charge in [-0.1, -0.05) is 91.0 Å². The number of carbonyl (C=O) groups excluding carboxylic acids is 3. The Morgan fingerprint density at radius 3 is 1.57 bits per heavy atom. The second-order valence-electron chi connectivity index (χ2n) is 8.30. The molecule has 4 rings (SSSR count). The van der Waals surface area contributed by atoms with Crippen LogP contribution in [-0.4, -0.2) is 17.7 Å². The van der Waals surface area contributed by atoms with Crippen LogP contribution >= 0.6 is 11.3 Å². The smallest absolute Gasteiger partial charge is 0.252 e. The quantitative estimate of drug-likeness (QED) is 0.380. The van der Waals surface area contributed by atoms with Gasteiger partial charge in [-0.25, -0.2) is 4.90 Å². The van der Waals surface area contributed by atoms with Gasteiger partial charge in [0.15, 0.2) is 0 Å². The third-order valence-corrected chi connectivity index (χ3v) is 7.06. The summed E-state index contributed by atoms with van der Waals surface area (Å²) in [5.74, 6) is -1.45. The van der Waals surface area contributed by atoms with Gasteiger partial charge >= 0.3 is 0 Å². The molecule has 176 valence electrons. The highest BCUT2D eigenvalue weighted by Crippen LogP contribution is 2.38. The van der Waals surface area contributed by atoms with Crippen LogP contribution in [0.5, 0.6) is 0 Å². The number of amides is 3. The van der Waals surface area contributed by atoms with Crippen molar-refractivity contribution in [2.24, 2.45) is 5.73 Å². The van der Waals surface area contributed by atoms with Crippen LogP contribution in [0.4, 0.5) is 5.00 Å². The third-order valence-electron chi connectivity index (χ3n) is 5.78. The molecule has 2 N–H and O–H groups in total. The molecule has 0 unspecified atom stereocenters. The molecule has 6 heteroatoms. The normalized spacial score (nSPS) is 10.7. The van der Waals surface area contributed by atoms with Gasteiger partial charge in [0.25, 0.3) is 5.91 Å². The maximum absolute atomic E-state index is 13.6. The Morgan fingerprint density at radius 2 is 1.14 bits per heavy atom. The summed E-state index contributed by atoms with van der Waals surface area (Å²) in [4.78, 5) is 41.7. The molecule has 4 aromatic rings. The first-order chi connectivity index (χ1) is 16.9. The Hall–Kier alpha value is -4.03. The number of hydrogen-bond acceptors (Lipinski definition) is 4. The van der Waals surface area contributed by atoms with E-state index in [0.717, 1.165) is 26.5 Å². The zero-order valence-electron chi connectivity index (χ0n) is 19.4. The zero-order chi connectivity index (χ0) is 24.8. The number of rotatable bonds is 8. The van der Waals surface area contributed by atoms with Crippen molar-refractivity contribution >= 4 is 34.1 Å². The summed E-state index contributed by atoms with van der Waals surface area (Å²) >= 11 is 1.28. The van der Waals surface area contributed by atoms with E-state index in [9.17, 15) is 14.4 Å². The Bertz CT molecular complexity index is 1280. The van der Waals surface area contributed by atoms with Crippen molar-refractivity contribution in [3.8, 4) is 0 Å². The average Bonchev–Trinajstić information content (AvgIpc) is 3.16. The molecule has 0 aliphatic rings. The summed E-state index contributed by atoms with van der Waals surface area (Å²) in [5, 5.41) is 0.294. The van der Waals surface area contributed by atoms with Crippen molar-refractivity contribution < 1.29 is 14.4 Å². The number of anilines is 1. The summed E-state index contributed by atoms with van der Waals surface area (Å²) in [6.45, 7) is 1.82. The monoisotopic (exact) mass is 482 g/mol. The maximum atomic E-state index is 13.6. The lowest BCUT2D eigenvalue weighted by atomic mass is 10.0. The van der Waals surface area contributed by atoms with Crippen LogP contribution in [0.2, 0.25) is 0 Å². The molecular formula is C29H26N2O3S. The molecule has 3 amide bonds. The van der Waals surface area contributed by atoms with Crippen LogP contribution in [0.1, 0.15) is 37.5 Å². The first-order valence-corrected chi connectivity index (χ1v) is 12.1. The number of imide groups is 1. The van der Waals surface area contributed by atoms with E-state index in [1.54, 1.807) is 0 Å². The standard InChI is InChI=1S/C29H26N2O3S/c1-20-24(17-21-11-5-2-6-12-21)35-29(27(20)28(30)34)31(25(32)18-22-13-7-3-8-14-22)26(33)19-23-15-9-4-10-16-23/h2-16H,17-19H2,1H3,(H2,30,34). The number of hydrogen-bond donors (Lipinski definition) is 1. The summed E-state index contributed by atoms with van der Waals surface area (Å²) in [6, 6.07) is 28.3. The molecule has 0 radical (unpaired) electrons. The Morgan fingerprint density at radius 1 is 0.714 bits per heavy atom. The van der Waals surface area contributed by atoms with Crippen LogP contribution in [0, 0.1) is 6.92 Å². The van der Waals surface area contributed by atoms with Gasteiger partial charge in [0, 0.05) is 11.3 Å². The van der Waals surface area contributed by atoms with Crippen molar-refractivity contribution in [1.29, 1.82) is 0 Å². The van der Waals surface area contributed by atoms with Crippen LogP contribution in [0.3, 0.4) is 0 Å². The number of thiophene rings is 1. The minimum Gasteiger partial charge on any atom is -0.365 e. The molecule has 0 saturated carbocycles. The van der Waals surface area contributed by atoms with E-state index in [2.05, 4.69) is 0 Å². The zero-order valence-corrected chi connectivity index (χ0v) is 20.3. The maximum Gasteiger partial charge on any atom is 0.252 e. The molecule has 0 bridgehead atoms. The van der Waals surface area contributed by atoms with Crippen molar-refractivity contribution in [3.05, 3.63) is 124 Å². The number of primary amides is 1. The molecule has 0 saturated heterocycles. The highest BCUT2D eigenvalue weighted by atomic mass is 32.1. The van der Waals surface area contributed by atoms with Crippen LogP contribution < -0.4 is 10.6 Å². The largest absolute Gasteiger partial charge is 0.365 e. The molecule has 5 nitrogen and oxygen atoms in total. The molecule has 1 heterocycles. The molecule has 0 atom stereocenters. The Labute approximate surface area is 208 Å². The lowest BCUT2D eigenvalue weighted by Gasteiger charge is -2.21. The van der Waals surface area contributed by atoms with E-state index < -0.39 is 17.7 Å². The fourth-order valence-corrected chi connectivity index (χ4v) is 5.38. The highest BCUT2D eigenvalue weighted by molar-refractivity contribution is 7.17. The van der Waals surface area contributed by atoms with Gasteiger partial charge in [-0.15, -0.1) is 11.3 Å². The first-order valence-electron chi connectivity index (χ1n) is 11.3. The van der Waals surface area contributed by atoms with Crippen molar-refractivity contribution in [3.63, 3.8) is 0 Å². The second kappa shape index (κ2) is 10.9. The van der Waals surface area contributed by atoms with E-state index in [1.165, 1.54) is 11.3 Å². The van der Waals surface area contributed by atoms with Crippen LogP contribution in [0.15, 0.2) is 91.0 Å².